The van der Waals surface area contributed by atoms with E-state index in [-0.39, 0.29) is 28.8 Å². The van der Waals surface area contributed by atoms with E-state index in [1.165, 1.54) is 4.90 Å². The van der Waals surface area contributed by atoms with E-state index in [0.717, 1.165) is 70.1 Å². The SMILES string of the molecule is CC(=O)CCCCCN1C(=O)CC(SCCCCCC(=O)NCCCCCN)C1=O. The number of nitrogens with one attached hydrogen (secondary N) is 1. The van der Waals surface area contributed by atoms with Gasteiger partial charge in [0.25, 0.3) is 0 Å². The molecule has 1 atom stereocenters. The number of hydrogen-bond acceptors (Lipinski definition) is 6. The molecule has 0 saturated carbocycles. The van der Waals surface area contributed by atoms with Gasteiger partial charge in [-0.2, -0.15) is 0 Å². The van der Waals surface area contributed by atoms with Gasteiger partial charge in [0.1, 0.15) is 5.78 Å². The second-order valence-electron chi connectivity index (χ2n) is 7.97. The molecule has 1 saturated heterocycles. The minimum atomic E-state index is -0.258. The standard InChI is InChI=1S/C22H39N3O4S/c1-18(26)11-5-2-9-15-25-21(28)17-19(22(25)29)30-16-10-3-6-12-20(27)24-14-8-4-7-13-23/h19H,2-17,23H2,1H3,(H,24,27). The summed E-state index contributed by atoms with van der Waals surface area (Å²) in [6, 6.07) is 0. The molecule has 172 valence electrons. The van der Waals surface area contributed by atoms with Crippen LogP contribution >= 0.6 is 11.8 Å². The van der Waals surface area contributed by atoms with E-state index in [2.05, 4.69) is 5.32 Å². The van der Waals surface area contributed by atoms with E-state index in [4.69, 9.17) is 5.73 Å². The van der Waals surface area contributed by atoms with Gasteiger partial charge in [0.2, 0.25) is 17.7 Å². The summed E-state index contributed by atoms with van der Waals surface area (Å²) < 4.78 is 0. The Kier molecular flexibility index (Phi) is 14.5. The predicted octanol–water partition coefficient (Wildman–Crippen LogP) is 2.80. The lowest BCUT2D eigenvalue weighted by atomic mass is 10.1. The van der Waals surface area contributed by atoms with Crippen molar-refractivity contribution in [2.24, 2.45) is 5.73 Å². The van der Waals surface area contributed by atoms with Crippen LogP contribution in [0.25, 0.3) is 0 Å². The Morgan fingerprint density at radius 3 is 2.43 bits per heavy atom. The fourth-order valence-corrected chi connectivity index (χ4v) is 4.58. The van der Waals surface area contributed by atoms with Crippen LogP contribution in [-0.4, -0.2) is 59.0 Å². The van der Waals surface area contributed by atoms with Gasteiger partial charge in [-0.05, 0) is 57.7 Å². The largest absolute Gasteiger partial charge is 0.356 e. The first-order chi connectivity index (χ1) is 14.5. The van der Waals surface area contributed by atoms with Crippen molar-refractivity contribution in [3.8, 4) is 0 Å². The second kappa shape index (κ2) is 16.3. The van der Waals surface area contributed by atoms with Crippen LogP contribution in [0.2, 0.25) is 0 Å². The van der Waals surface area contributed by atoms with Gasteiger partial charge in [-0.3, -0.25) is 19.3 Å². The lowest BCUT2D eigenvalue weighted by Gasteiger charge is -2.14. The van der Waals surface area contributed by atoms with Gasteiger partial charge in [0.15, 0.2) is 0 Å². The zero-order valence-corrected chi connectivity index (χ0v) is 19.3. The Morgan fingerprint density at radius 1 is 1.00 bits per heavy atom. The molecule has 0 aromatic heterocycles. The van der Waals surface area contributed by atoms with Crippen molar-refractivity contribution < 1.29 is 19.2 Å². The van der Waals surface area contributed by atoms with Gasteiger partial charge in [0.05, 0.1) is 5.25 Å². The molecule has 1 unspecified atom stereocenters. The van der Waals surface area contributed by atoms with Crippen molar-refractivity contribution in [3.63, 3.8) is 0 Å². The fourth-order valence-electron chi connectivity index (χ4n) is 3.39. The van der Waals surface area contributed by atoms with E-state index in [0.29, 0.717) is 32.4 Å². The lowest BCUT2D eigenvalue weighted by Crippen LogP contribution is -2.32. The van der Waals surface area contributed by atoms with Crippen molar-refractivity contribution in [2.45, 2.75) is 89.2 Å². The molecule has 8 heteroatoms. The molecule has 0 aromatic carbocycles. The highest BCUT2D eigenvalue weighted by molar-refractivity contribution is 8.00. The van der Waals surface area contributed by atoms with Crippen molar-refractivity contribution >= 4 is 35.3 Å². The number of Topliss-reactive ketones (excluding diaryl/α,β-unsaturated/α-hetero) is 1. The van der Waals surface area contributed by atoms with Gasteiger partial charge in [-0.25, -0.2) is 0 Å². The number of nitrogens with zero attached hydrogens (tertiary/aromatic N) is 1. The summed E-state index contributed by atoms with van der Waals surface area (Å²) in [5, 5.41) is 2.68. The number of unbranched alkanes of at least 4 members (excludes halogenated alkanes) is 6. The number of carbonyl (C=O) groups is 4. The monoisotopic (exact) mass is 441 g/mol. The van der Waals surface area contributed by atoms with Gasteiger partial charge >= 0.3 is 0 Å². The Morgan fingerprint density at radius 2 is 1.70 bits per heavy atom. The minimum Gasteiger partial charge on any atom is -0.356 e. The number of hydrogen-bond donors (Lipinski definition) is 2. The van der Waals surface area contributed by atoms with Crippen molar-refractivity contribution in [1.82, 2.24) is 10.2 Å². The average molecular weight is 442 g/mol. The fraction of sp³-hybridized carbons (Fsp3) is 0.818. The number of nitrogens with two attached hydrogens (primary N) is 1. The van der Waals surface area contributed by atoms with Crippen molar-refractivity contribution in [3.05, 3.63) is 0 Å². The second-order valence-corrected chi connectivity index (χ2v) is 9.28. The zero-order valence-electron chi connectivity index (χ0n) is 18.5. The molecule has 0 aliphatic carbocycles. The summed E-state index contributed by atoms with van der Waals surface area (Å²) in [5.74, 6) is 0.971. The molecule has 0 aromatic rings. The summed E-state index contributed by atoms with van der Waals surface area (Å²) in [6.45, 7) is 3.47. The normalized spacial score (nSPS) is 16.3. The molecular weight excluding hydrogens is 402 g/mol. The van der Waals surface area contributed by atoms with Crippen LogP contribution in [0.15, 0.2) is 0 Å². The third kappa shape index (κ3) is 11.7. The summed E-state index contributed by atoms with van der Waals surface area (Å²) in [6.07, 6.45) is 9.60. The number of rotatable bonds is 18. The van der Waals surface area contributed by atoms with E-state index in [1.54, 1.807) is 18.7 Å². The molecule has 1 aliphatic rings. The Balaban J connectivity index is 2.06. The number of likely N-dealkylation sites (tertiary alicyclic amines) is 1. The number of carbonyl (C=O) groups excluding carboxylic acids is 4. The van der Waals surface area contributed by atoms with Crippen LogP contribution in [0.4, 0.5) is 0 Å². The van der Waals surface area contributed by atoms with Crippen molar-refractivity contribution in [1.29, 1.82) is 0 Å². The molecular formula is C22H39N3O4S. The van der Waals surface area contributed by atoms with Crippen LogP contribution in [0.3, 0.4) is 0 Å². The molecule has 30 heavy (non-hydrogen) atoms. The maximum Gasteiger partial charge on any atom is 0.242 e. The lowest BCUT2D eigenvalue weighted by molar-refractivity contribution is -0.138. The maximum atomic E-state index is 12.4. The van der Waals surface area contributed by atoms with E-state index >= 15 is 0 Å². The molecule has 3 amide bonds. The zero-order chi connectivity index (χ0) is 22.2. The minimum absolute atomic E-state index is 0.0643. The molecule has 0 radical (unpaired) electrons. The molecule has 0 bridgehead atoms. The molecule has 1 heterocycles. The highest BCUT2D eigenvalue weighted by atomic mass is 32.2. The summed E-state index contributed by atoms with van der Waals surface area (Å²) in [5.41, 5.74) is 5.44. The highest BCUT2D eigenvalue weighted by Crippen LogP contribution is 2.26. The molecule has 3 N–H and O–H groups in total. The Bertz CT molecular complexity index is 557. The van der Waals surface area contributed by atoms with Crippen LogP contribution in [0, 0.1) is 0 Å². The van der Waals surface area contributed by atoms with Crippen molar-refractivity contribution in [2.75, 3.05) is 25.4 Å². The van der Waals surface area contributed by atoms with Gasteiger partial charge in [0, 0.05) is 32.4 Å². The predicted molar refractivity (Wildman–Crippen MR) is 121 cm³/mol. The third-order valence-corrected chi connectivity index (χ3v) is 6.48. The molecule has 1 aliphatic heterocycles. The summed E-state index contributed by atoms with van der Waals surface area (Å²) >= 11 is 1.56. The summed E-state index contributed by atoms with van der Waals surface area (Å²) in [4.78, 5) is 48.6. The topological polar surface area (TPSA) is 110 Å². The van der Waals surface area contributed by atoms with Crippen LogP contribution in [-0.2, 0) is 19.2 Å². The molecule has 7 nitrogen and oxygen atoms in total. The smallest absolute Gasteiger partial charge is 0.242 e. The first-order valence-corrected chi connectivity index (χ1v) is 12.4. The Hall–Kier alpha value is -1.41. The van der Waals surface area contributed by atoms with Crippen LogP contribution < -0.4 is 11.1 Å². The van der Waals surface area contributed by atoms with Gasteiger partial charge < -0.3 is 15.8 Å². The third-order valence-electron chi connectivity index (χ3n) is 5.18. The number of ketones is 1. The number of imide groups is 1. The first-order valence-electron chi connectivity index (χ1n) is 11.4. The Labute approximate surface area is 185 Å². The van der Waals surface area contributed by atoms with Crippen LogP contribution in [0.1, 0.15) is 84.0 Å². The van der Waals surface area contributed by atoms with Gasteiger partial charge in [-0.1, -0.05) is 19.3 Å². The van der Waals surface area contributed by atoms with Gasteiger partial charge in [-0.15, -0.1) is 11.8 Å². The summed E-state index contributed by atoms with van der Waals surface area (Å²) in [7, 11) is 0. The molecule has 1 rings (SSSR count). The van der Waals surface area contributed by atoms with Crippen LogP contribution in [0.5, 0.6) is 0 Å². The molecule has 0 spiro atoms. The number of thioether (sulfide) groups is 1. The highest BCUT2D eigenvalue weighted by Gasteiger charge is 2.38. The van der Waals surface area contributed by atoms with E-state index in [1.807, 2.05) is 0 Å². The average Bonchev–Trinajstić information content (AvgIpc) is 2.97. The first kappa shape index (κ1) is 26.6. The molecule has 1 fully saturated rings. The maximum absolute atomic E-state index is 12.4. The quantitative estimate of drug-likeness (QED) is 0.250. The van der Waals surface area contributed by atoms with E-state index in [9.17, 15) is 19.2 Å². The number of amides is 3. The van der Waals surface area contributed by atoms with E-state index < -0.39 is 0 Å².